The van der Waals surface area contributed by atoms with E-state index in [0.29, 0.717) is 0 Å². The molecule has 2 N–H and O–H groups in total. The molecule has 1 aromatic heterocycles. The maximum Gasteiger partial charge on any atom is 0.145 e. The summed E-state index contributed by atoms with van der Waals surface area (Å²) in [5.74, 6) is 0.825. The lowest BCUT2D eigenvalue weighted by atomic mass is 10.1. The standard InChI is InChI=1S/C14H18N2O/c1-2-3-4-10-17-13-8-7-12(15)11-6-5-9-16-14(11)13/h5-9H,2-4,10,15H2,1H3. The Hall–Kier alpha value is -1.77. The van der Waals surface area contributed by atoms with Gasteiger partial charge in [0.1, 0.15) is 11.3 Å². The van der Waals surface area contributed by atoms with Crippen molar-refractivity contribution in [3.05, 3.63) is 30.5 Å². The number of fused-ring (bicyclic) bond motifs is 1. The van der Waals surface area contributed by atoms with Crippen molar-refractivity contribution in [1.82, 2.24) is 4.98 Å². The molecule has 3 heteroatoms. The van der Waals surface area contributed by atoms with Crippen molar-refractivity contribution in [3.8, 4) is 5.75 Å². The van der Waals surface area contributed by atoms with Crippen LogP contribution in [0.1, 0.15) is 26.2 Å². The normalized spacial score (nSPS) is 10.6. The number of benzene rings is 1. The van der Waals surface area contributed by atoms with Crippen molar-refractivity contribution >= 4 is 16.6 Å². The maximum absolute atomic E-state index is 5.91. The fourth-order valence-corrected chi connectivity index (χ4v) is 1.82. The number of hydrogen-bond acceptors (Lipinski definition) is 3. The topological polar surface area (TPSA) is 48.1 Å². The van der Waals surface area contributed by atoms with Crippen LogP contribution in [0.15, 0.2) is 30.5 Å². The Morgan fingerprint density at radius 1 is 1.24 bits per heavy atom. The third-order valence-corrected chi connectivity index (χ3v) is 2.77. The number of pyridine rings is 1. The molecule has 0 radical (unpaired) electrons. The first kappa shape index (κ1) is 11.7. The average Bonchev–Trinajstić information content (AvgIpc) is 2.37. The lowest BCUT2D eigenvalue weighted by Crippen LogP contribution is -1.99. The Kier molecular flexibility index (Phi) is 3.81. The molecule has 2 aromatic rings. The van der Waals surface area contributed by atoms with Crippen LogP contribution in [0.2, 0.25) is 0 Å². The van der Waals surface area contributed by atoms with Crippen LogP contribution in [0.3, 0.4) is 0 Å². The molecular weight excluding hydrogens is 212 g/mol. The van der Waals surface area contributed by atoms with E-state index in [1.165, 1.54) is 12.8 Å². The van der Waals surface area contributed by atoms with Gasteiger partial charge in [-0.15, -0.1) is 0 Å². The molecule has 0 atom stereocenters. The molecule has 0 bridgehead atoms. The van der Waals surface area contributed by atoms with Gasteiger partial charge in [-0.05, 0) is 30.7 Å². The van der Waals surface area contributed by atoms with Gasteiger partial charge < -0.3 is 10.5 Å². The van der Waals surface area contributed by atoms with Crippen LogP contribution in [0, 0.1) is 0 Å². The van der Waals surface area contributed by atoms with E-state index < -0.39 is 0 Å². The van der Waals surface area contributed by atoms with Gasteiger partial charge in [0, 0.05) is 17.3 Å². The molecule has 0 saturated carbocycles. The van der Waals surface area contributed by atoms with E-state index in [-0.39, 0.29) is 0 Å². The lowest BCUT2D eigenvalue weighted by Gasteiger charge is -2.09. The number of rotatable bonds is 5. The summed E-state index contributed by atoms with van der Waals surface area (Å²) < 4.78 is 5.76. The fraction of sp³-hybridized carbons (Fsp3) is 0.357. The van der Waals surface area contributed by atoms with E-state index in [0.717, 1.165) is 35.4 Å². The molecule has 0 aliphatic heterocycles. The molecule has 2 rings (SSSR count). The molecule has 0 unspecified atom stereocenters. The first-order valence-corrected chi connectivity index (χ1v) is 6.09. The second-order valence-corrected chi connectivity index (χ2v) is 4.11. The summed E-state index contributed by atoms with van der Waals surface area (Å²) in [4.78, 5) is 4.34. The number of ether oxygens (including phenoxy) is 1. The fourth-order valence-electron chi connectivity index (χ4n) is 1.82. The molecule has 90 valence electrons. The molecule has 0 aliphatic rings. The average molecular weight is 230 g/mol. The molecule has 3 nitrogen and oxygen atoms in total. The number of unbranched alkanes of at least 4 members (excludes halogenated alkanes) is 2. The summed E-state index contributed by atoms with van der Waals surface area (Å²) in [7, 11) is 0. The van der Waals surface area contributed by atoms with Gasteiger partial charge >= 0.3 is 0 Å². The Labute approximate surface area is 102 Å². The Bertz CT molecular complexity index is 497. The first-order chi connectivity index (χ1) is 8.33. The second kappa shape index (κ2) is 5.53. The monoisotopic (exact) mass is 230 g/mol. The highest BCUT2D eigenvalue weighted by atomic mass is 16.5. The van der Waals surface area contributed by atoms with Gasteiger partial charge in [0.25, 0.3) is 0 Å². The minimum Gasteiger partial charge on any atom is -0.491 e. The zero-order valence-corrected chi connectivity index (χ0v) is 10.1. The van der Waals surface area contributed by atoms with Crippen molar-refractivity contribution in [3.63, 3.8) is 0 Å². The number of hydrogen-bond donors (Lipinski definition) is 1. The number of nitrogen functional groups attached to an aromatic ring is 1. The molecule has 0 fully saturated rings. The lowest BCUT2D eigenvalue weighted by molar-refractivity contribution is 0.309. The second-order valence-electron chi connectivity index (χ2n) is 4.11. The van der Waals surface area contributed by atoms with Gasteiger partial charge in [-0.1, -0.05) is 19.8 Å². The van der Waals surface area contributed by atoms with Crippen molar-refractivity contribution in [1.29, 1.82) is 0 Å². The van der Waals surface area contributed by atoms with Gasteiger partial charge in [0.2, 0.25) is 0 Å². The molecule has 0 amide bonds. The summed E-state index contributed by atoms with van der Waals surface area (Å²) in [5, 5.41) is 0.959. The van der Waals surface area contributed by atoms with Gasteiger partial charge in [-0.25, -0.2) is 0 Å². The molecule has 1 aromatic carbocycles. The molecule has 0 saturated heterocycles. The van der Waals surface area contributed by atoms with E-state index in [2.05, 4.69) is 11.9 Å². The van der Waals surface area contributed by atoms with Gasteiger partial charge in [-0.2, -0.15) is 0 Å². The highest BCUT2D eigenvalue weighted by Gasteiger charge is 2.05. The van der Waals surface area contributed by atoms with Crippen LogP contribution in [-0.4, -0.2) is 11.6 Å². The summed E-state index contributed by atoms with van der Waals surface area (Å²) in [6, 6.07) is 7.63. The Balaban J connectivity index is 2.20. The molecule has 17 heavy (non-hydrogen) atoms. The van der Waals surface area contributed by atoms with Crippen molar-refractivity contribution in [2.45, 2.75) is 26.2 Å². The first-order valence-electron chi connectivity index (χ1n) is 6.09. The van der Waals surface area contributed by atoms with E-state index in [9.17, 15) is 0 Å². The smallest absolute Gasteiger partial charge is 0.145 e. The van der Waals surface area contributed by atoms with Crippen LogP contribution in [0.4, 0.5) is 5.69 Å². The highest BCUT2D eigenvalue weighted by Crippen LogP contribution is 2.28. The number of nitrogens with zero attached hydrogens (tertiary/aromatic N) is 1. The van der Waals surface area contributed by atoms with Crippen LogP contribution >= 0.6 is 0 Å². The van der Waals surface area contributed by atoms with Crippen LogP contribution in [0.5, 0.6) is 5.75 Å². The predicted molar refractivity (Wildman–Crippen MR) is 71.2 cm³/mol. The van der Waals surface area contributed by atoms with Gasteiger partial charge in [0.05, 0.1) is 6.61 Å². The van der Waals surface area contributed by atoms with Crippen molar-refractivity contribution in [2.24, 2.45) is 0 Å². The quantitative estimate of drug-likeness (QED) is 0.632. The SMILES string of the molecule is CCCCCOc1ccc(N)c2cccnc12. The molecular formula is C14H18N2O. The predicted octanol–water partition coefficient (Wildman–Crippen LogP) is 3.39. The van der Waals surface area contributed by atoms with E-state index in [4.69, 9.17) is 10.5 Å². The number of anilines is 1. The summed E-state index contributed by atoms with van der Waals surface area (Å²) >= 11 is 0. The Morgan fingerprint density at radius 2 is 2.12 bits per heavy atom. The third kappa shape index (κ3) is 2.67. The van der Waals surface area contributed by atoms with Crippen LogP contribution < -0.4 is 10.5 Å². The highest BCUT2D eigenvalue weighted by molar-refractivity contribution is 5.94. The molecule has 0 spiro atoms. The Morgan fingerprint density at radius 3 is 2.94 bits per heavy atom. The minimum atomic E-state index is 0.740. The van der Waals surface area contributed by atoms with Crippen LogP contribution in [-0.2, 0) is 0 Å². The molecule has 0 aliphatic carbocycles. The zero-order chi connectivity index (χ0) is 12.1. The summed E-state index contributed by atoms with van der Waals surface area (Å²) in [5.41, 5.74) is 7.50. The number of aromatic nitrogens is 1. The largest absolute Gasteiger partial charge is 0.491 e. The van der Waals surface area contributed by atoms with E-state index in [1.807, 2.05) is 24.3 Å². The van der Waals surface area contributed by atoms with E-state index >= 15 is 0 Å². The zero-order valence-electron chi connectivity index (χ0n) is 10.1. The van der Waals surface area contributed by atoms with Gasteiger partial charge in [-0.3, -0.25) is 4.98 Å². The minimum absolute atomic E-state index is 0.740. The summed E-state index contributed by atoms with van der Waals surface area (Å²) in [6.45, 7) is 2.92. The van der Waals surface area contributed by atoms with E-state index in [1.54, 1.807) is 6.20 Å². The van der Waals surface area contributed by atoms with Crippen molar-refractivity contribution < 1.29 is 4.74 Å². The van der Waals surface area contributed by atoms with Crippen molar-refractivity contribution in [2.75, 3.05) is 12.3 Å². The number of nitrogens with two attached hydrogens (primary N) is 1. The third-order valence-electron chi connectivity index (χ3n) is 2.77. The van der Waals surface area contributed by atoms with Crippen LogP contribution in [0.25, 0.3) is 10.9 Å². The van der Waals surface area contributed by atoms with Gasteiger partial charge in [0.15, 0.2) is 0 Å². The maximum atomic E-state index is 5.91. The molecule has 1 heterocycles. The summed E-state index contributed by atoms with van der Waals surface area (Å²) in [6.07, 6.45) is 5.24.